The molecule has 5 rings (SSSR count). The summed E-state index contributed by atoms with van der Waals surface area (Å²) in [6.45, 7) is 4.02. The summed E-state index contributed by atoms with van der Waals surface area (Å²) in [6.07, 6.45) is 1.74. The predicted molar refractivity (Wildman–Crippen MR) is 141 cm³/mol. The van der Waals surface area contributed by atoms with E-state index in [1.807, 2.05) is 49.1 Å². The summed E-state index contributed by atoms with van der Waals surface area (Å²) < 4.78 is 22.0. The number of aryl methyl sites for hydroxylation is 1. The van der Waals surface area contributed by atoms with Crippen LogP contribution in [0.1, 0.15) is 45.1 Å². The molecular weight excluding hydrogens is 475 g/mol. The molecule has 182 valence electrons. The van der Waals surface area contributed by atoms with E-state index in [0.29, 0.717) is 16.4 Å². The summed E-state index contributed by atoms with van der Waals surface area (Å²) in [4.78, 5) is 18.6. The molecule has 1 aliphatic rings. The van der Waals surface area contributed by atoms with Crippen molar-refractivity contribution in [3.63, 3.8) is 0 Å². The van der Waals surface area contributed by atoms with Crippen molar-refractivity contribution in [2.24, 2.45) is 0 Å². The largest absolute Gasteiger partial charge is 0.465 e. The van der Waals surface area contributed by atoms with E-state index in [0.717, 1.165) is 28.3 Å². The van der Waals surface area contributed by atoms with Crippen LogP contribution in [0, 0.1) is 19.7 Å². The number of aromatic nitrogens is 2. The molecular formula is C28H25FN4O2S. The first kappa shape index (κ1) is 23.7. The number of benzene rings is 2. The highest BCUT2D eigenvalue weighted by Crippen LogP contribution is 2.44. The minimum absolute atomic E-state index is 0.298. The molecule has 0 amide bonds. The Hall–Kier alpha value is -4.04. The van der Waals surface area contributed by atoms with Crippen LogP contribution in [0.3, 0.4) is 0 Å². The number of carbonyl (C=O) groups is 1. The van der Waals surface area contributed by atoms with Crippen molar-refractivity contribution in [2.75, 3.05) is 12.0 Å². The fourth-order valence-electron chi connectivity index (χ4n) is 4.95. The Morgan fingerprint density at radius 3 is 2.56 bits per heavy atom. The smallest absolute Gasteiger partial charge is 0.337 e. The second-order valence-corrected chi connectivity index (χ2v) is 9.04. The van der Waals surface area contributed by atoms with Crippen LogP contribution in [0.2, 0.25) is 0 Å². The van der Waals surface area contributed by atoms with E-state index < -0.39 is 5.97 Å². The van der Waals surface area contributed by atoms with E-state index in [2.05, 4.69) is 20.9 Å². The van der Waals surface area contributed by atoms with Gasteiger partial charge in [-0.25, -0.2) is 9.18 Å². The van der Waals surface area contributed by atoms with Crippen molar-refractivity contribution in [2.45, 2.75) is 25.9 Å². The molecule has 6 nitrogen and oxygen atoms in total. The quantitative estimate of drug-likeness (QED) is 0.285. The highest BCUT2D eigenvalue weighted by atomic mass is 32.1. The lowest BCUT2D eigenvalue weighted by molar-refractivity contribution is 0.0600. The van der Waals surface area contributed by atoms with Gasteiger partial charge in [-0.15, -0.1) is 0 Å². The molecule has 8 heteroatoms. The number of esters is 1. The lowest BCUT2D eigenvalue weighted by Gasteiger charge is -2.28. The molecule has 4 aromatic rings. The van der Waals surface area contributed by atoms with Crippen LogP contribution in [0.15, 0.2) is 79.0 Å². The van der Waals surface area contributed by atoms with E-state index >= 15 is 4.39 Å². The van der Waals surface area contributed by atoms with E-state index in [1.165, 1.54) is 13.2 Å². The Morgan fingerprint density at radius 1 is 1.06 bits per heavy atom. The maximum Gasteiger partial charge on any atom is 0.337 e. The molecule has 0 unspecified atom stereocenters. The van der Waals surface area contributed by atoms with Crippen LogP contribution >= 0.6 is 12.2 Å². The number of hydrogen-bond donors (Lipinski definition) is 1. The Bertz CT molecular complexity index is 1450. The maximum atomic E-state index is 15.0. The number of pyridine rings is 1. The number of hydrogen-bond acceptors (Lipinski definition) is 4. The fourth-order valence-corrected chi connectivity index (χ4v) is 5.29. The lowest BCUT2D eigenvalue weighted by atomic mass is 9.96. The molecule has 1 aliphatic heterocycles. The SMILES string of the molecule is COC(=O)c1cccc(-n2c(C)cc([C@@H]3[C@H](c4ccccn4)NC(=S)N3c3ccccc3F)c2C)c1. The van der Waals surface area contributed by atoms with E-state index in [1.54, 1.807) is 36.5 Å². The van der Waals surface area contributed by atoms with Gasteiger partial charge in [-0.05, 0) is 80.2 Å². The first-order chi connectivity index (χ1) is 17.4. The minimum atomic E-state index is -0.397. The molecule has 0 spiro atoms. The summed E-state index contributed by atoms with van der Waals surface area (Å²) in [7, 11) is 1.37. The Kier molecular flexibility index (Phi) is 6.28. The van der Waals surface area contributed by atoms with Crippen LogP contribution in [-0.4, -0.2) is 27.7 Å². The van der Waals surface area contributed by atoms with Crippen LogP contribution < -0.4 is 10.2 Å². The Morgan fingerprint density at radius 2 is 1.83 bits per heavy atom. The average molecular weight is 501 g/mol. The third kappa shape index (κ3) is 4.03. The molecule has 1 saturated heterocycles. The molecule has 1 N–H and O–H groups in total. The van der Waals surface area contributed by atoms with Crippen molar-refractivity contribution in [3.8, 4) is 5.69 Å². The van der Waals surface area contributed by atoms with Crippen LogP contribution in [0.25, 0.3) is 5.69 Å². The minimum Gasteiger partial charge on any atom is -0.465 e. The van der Waals surface area contributed by atoms with Crippen molar-refractivity contribution in [1.82, 2.24) is 14.9 Å². The normalized spacial score (nSPS) is 17.2. The summed E-state index contributed by atoms with van der Waals surface area (Å²) in [5, 5.41) is 3.81. The lowest BCUT2D eigenvalue weighted by Crippen LogP contribution is -2.30. The van der Waals surface area contributed by atoms with Gasteiger partial charge in [0.05, 0.1) is 36.1 Å². The van der Waals surface area contributed by atoms with E-state index in [9.17, 15) is 4.79 Å². The number of rotatable bonds is 5. The van der Waals surface area contributed by atoms with Crippen molar-refractivity contribution in [1.29, 1.82) is 0 Å². The number of nitrogens with one attached hydrogen (secondary N) is 1. The predicted octanol–water partition coefficient (Wildman–Crippen LogP) is 5.59. The molecule has 2 aromatic heterocycles. The molecule has 1 fully saturated rings. The second-order valence-electron chi connectivity index (χ2n) is 8.65. The summed E-state index contributed by atoms with van der Waals surface area (Å²) in [5.74, 6) is -0.751. The zero-order valence-electron chi connectivity index (χ0n) is 20.1. The van der Waals surface area contributed by atoms with Gasteiger partial charge in [-0.3, -0.25) is 4.98 Å². The first-order valence-electron chi connectivity index (χ1n) is 11.5. The number of ether oxygens (including phenoxy) is 1. The number of nitrogens with zero attached hydrogens (tertiary/aromatic N) is 3. The monoisotopic (exact) mass is 500 g/mol. The molecule has 36 heavy (non-hydrogen) atoms. The summed E-state index contributed by atoms with van der Waals surface area (Å²) in [6, 6.07) is 21.1. The molecule has 0 radical (unpaired) electrons. The van der Waals surface area contributed by atoms with Crippen LogP contribution in [0.5, 0.6) is 0 Å². The molecule has 2 atom stereocenters. The highest BCUT2D eigenvalue weighted by Gasteiger charge is 2.43. The van der Waals surface area contributed by atoms with Gasteiger partial charge in [0.15, 0.2) is 5.11 Å². The van der Waals surface area contributed by atoms with Gasteiger partial charge in [0, 0.05) is 23.3 Å². The van der Waals surface area contributed by atoms with Gasteiger partial charge >= 0.3 is 5.97 Å². The number of anilines is 1. The van der Waals surface area contributed by atoms with Crippen molar-refractivity contribution in [3.05, 3.63) is 113 Å². The molecule has 0 saturated carbocycles. The molecule has 2 aromatic carbocycles. The van der Waals surface area contributed by atoms with Gasteiger partial charge in [-0.1, -0.05) is 24.3 Å². The van der Waals surface area contributed by atoms with Crippen LogP contribution in [-0.2, 0) is 4.74 Å². The van der Waals surface area contributed by atoms with Gasteiger partial charge < -0.3 is 19.5 Å². The average Bonchev–Trinajstić information content (AvgIpc) is 3.39. The number of para-hydroxylation sites is 1. The Labute approximate surface area is 214 Å². The Balaban J connectivity index is 1.68. The molecule has 3 heterocycles. The summed E-state index contributed by atoms with van der Waals surface area (Å²) >= 11 is 5.73. The van der Waals surface area contributed by atoms with Gasteiger partial charge in [0.1, 0.15) is 5.82 Å². The molecule has 0 bridgehead atoms. The van der Waals surface area contributed by atoms with Gasteiger partial charge in [0.25, 0.3) is 0 Å². The number of halogens is 1. The highest BCUT2D eigenvalue weighted by molar-refractivity contribution is 7.80. The first-order valence-corrected chi connectivity index (χ1v) is 11.9. The second kappa shape index (κ2) is 9.54. The number of thiocarbonyl (C=S) groups is 1. The summed E-state index contributed by atoms with van der Waals surface area (Å²) in [5.41, 5.74) is 5.40. The van der Waals surface area contributed by atoms with E-state index in [-0.39, 0.29) is 17.9 Å². The zero-order valence-corrected chi connectivity index (χ0v) is 20.9. The number of methoxy groups -OCH3 is 1. The van der Waals surface area contributed by atoms with Crippen molar-refractivity contribution >= 4 is 29.0 Å². The third-order valence-corrected chi connectivity index (χ3v) is 6.84. The van der Waals surface area contributed by atoms with Gasteiger partial charge in [0.2, 0.25) is 0 Å². The third-order valence-electron chi connectivity index (χ3n) is 6.52. The fraction of sp³-hybridized carbons (Fsp3) is 0.179. The number of carbonyl (C=O) groups excluding carboxylic acids is 1. The standard InChI is InChI=1S/C28H25FN4O2S/c1-17-15-21(18(2)32(17)20-10-8-9-19(16-20)27(34)35-3)26-25(23-12-6-7-14-30-23)31-28(36)33(26)24-13-5-4-11-22(24)29/h4-16,25-26H,1-3H3,(H,31,36)/t25-,26+/m0/s1. The van der Waals surface area contributed by atoms with Crippen molar-refractivity contribution < 1.29 is 13.9 Å². The molecule has 0 aliphatic carbocycles. The van der Waals surface area contributed by atoms with Crippen LogP contribution in [0.4, 0.5) is 10.1 Å². The van der Waals surface area contributed by atoms with Gasteiger partial charge in [-0.2, -0.15) is 0 Å². The maximum absolute atomic E-state index is 15.0. The topological polar surface area (TPSA) is 59.4 Å². The van der Waals surface area contributed by atoms with E-state index in [4.69, 9.17) is 17.0 Å². The zero-order chi connectivity index (χ0) is 25.4.